The number of esters is 1. The summed E-state index contributed by atoms with van der Waals surface area (Å²) in [5.74, 6) is -1.08. The molecular weight excluding hydrogens is 336 g/mol. The zero-order valence-electron chi connectivity index (χ0n) is 15.9. The van der Waals surface area contributed by atoms with Crippen molar-refractivity contribution in [3.63, 3.8) is 0 Å². The Morgan fingerprint density at radius 3 is 2.54 bits per heavy atom. The smallest absolute Gasteiger partial charge is 0.466 e. The second-order valence-corrected chi connectivity index (χ2v) is 7.67. The number of benzene rings is 1. The minimum Gasteiger partial charge on any atom is -0.466 e. The van der Waals surface area contributed by atoms with E-state index in [0.29, 0.717) is 12.0 Å². The molecule has 1 aromatic heterocycles. The summed E-state index contributed by atoms with van der Waals surface area (Å²) < 4.78 is 31.3. The molecule has 0 bridgehead atoms. The van der Waals surface area contributed by atoms with Gasteiger partial charge in [-0.2, -0.15) is 0 Å². The Balaban J connectivity index is 2.01. The molecule has 2 aromatic rings. The molecule has 1 N–H and O–H groups in total. The van der Waals surface area contributed by atoms with Crippen LogP contribution < -0.4 is 0 Å². The minimum atomic E-state index is -0.633. The van der Waals surface area contributed by atoms with Gasteiger partial charge in [0.15, 0.2) is 0 Å². The molecule has 1 aromatic carbocycles. The quantitative estimate of drug-likeness (QED) is 0.647. The molecule has 2 heterocycles. The highest BCUT2D eigenvalue weighted by atomic mass is 19.1. The van der Waals surface area contributed by atoms with E-state index in [1.807, 2.05) is 27.7 Å². The SMILES string of the molecule is CCOC(=O)CC(B1OC(C)(C)C(C)(C)O1)c1c[nH]c2ccc(F)cc12. The van der Waals surface area contributed by atoms with E-state index in [2.05, 4.69) is 4.98 Å². The van der Waals surface area contributed by atoms with Crippen molar-refractivity contribution in [3.05, 3.63) is 35.8 Å². The van der Waals surface area contributed by atoms with Crippen LogP contribution in [0.3, 0.4) is 0 Å². The fourth-order valence-corrected chi connectivity index (χ4v) is 3.23. The van der Waals surface area contributed by atoms with Crippen molar-refractivity contribution < 1.29 is 23.2 Å². The second kappa shape index (κ2) is 6.70. The molecule has 0 amide bonds. The lowest BCUT2D eigenvalue weighted by molar-refractivity contribution is -0.143. The number of rotatable bonds is 5. The highest BCUT2D eigenvalue weighted by molar-refractivity contribution is 6.48. The van der Waals surface area contributed by atoms with Crippen LogP contribution in [0.25, 0.3) is 10.9 Å². The first-order valence-corrected chi connectivity index (χ1v) is 8.92. The van der Waals surface area contributed by atoms with E-state index in [1.54, 1.807) is 19.2 Å². The highest BCUT2D eigenvalue weighted by Crippen LogP contribution is 2.43. The summed E-state index contributed by atoms with van der Waals surface area (Å²) in [6.45, 7) is 9.92. The maximum absolute atomic E-state index is 13.8. The predicted octanol–water partition coefficient (Wildman–Crippen LogP) is 3.98. The van der Waals surface area contributed by atoms with Gasteiger partial charge in [-0.25, -0.2) is 4.39 Å². The Morgan fingerprint density at radius 2 is 1.92 bits per heavy atom. The molecule has 3 rings (SSSR count). The largest absolute Gasteiger partial charge is 0.466 e. The summed E-state index contributed by atoms with van der Waals surface area (Å²) in [6, 6.07) is 4.54. The first-order chi connectivity index (χ1) is 12.1. The van der Waals surface area contributed by atoms with Gasteiger partial charge < -0.3 is 19.0 Å². The summed E-state index contributed by atoms with van der Waals surface area (Å²) in [4.78, 5) is 15.3. The van der Waals surface area contributed by atoms with E-state index >= 15 is 0 Å². The lowest BCUT2D eigenvalue weighted by atomic mass is 9.66. The van der Waals surface area contributed by atoms with Crippen LogP contribution in [0.2, 0.25) is 0 Å². The average Bonchev–Trinajstić information content (AvgIpc) is 3.03. The molecular formula is C19H25BFNO4. The Labute approximate surface area is 153 Å². The van der Waals surface area contributed by atoms with E-state index in [-0.39, 0.29) is 18.2 Å². The molecule has 26 heavy (non-hydrogen) atoms. The first-order valence-electron chi connectivity index (χ1n) is 8.92. The maximum Gasteiger partial charge on any atom is 0.466 e. The molecule has 1 aliphatic rings. The zero-order valence-corrected chi connectivity index (χ0v) is 15.9. The number of halogens is 1. The predicted molar refractivity (Wildman–Crippen MR) is 98.3 cm³/mol. The normalized spacial score (nSPS) is 19.7. The number of fused-ring (bicyclic) bond motifs is 1. The molecule has 0 radical (unpaired) electrons. The summed E-state index contributed by atoms with van der Waals surface area (Å²) in [5, 5.41) is 0.717. The van der Waals surface area contributed by atoms with Crippen molar-refractivity contribution in [3.8, 4) is 0 Å². The number of hydrogen-bond acceptors (Lipinski definition) is 4. The fraction of sp³-hybridized carbons (Fsp3) is 0.526. The molecule has 1 saturated heterocycles. The zero-order chi connectivity index (χ0) is 19.1. The van der Waals surface area contributed by atoms with Crippen molar-refractivity contribution in [2.24, 2.45) is 0 Å². The summed E-state index contributed by atoms with van der Waals surface area (Å²) in [5.41, 5.74) is 0.530. The van der Waals surface area contributed by atoms with Crippen molar-refractivity contribution in [1.82, 2.24) is 4.98 Å². The molecule has 1 unspecified atom stereocenters. The number of carbonyl (C=O) groups is 1. The van der Waals surface area contributed by atoms with E-state index in [9.17, 15) is 9.18 Å². The van der Waals surface area contributed by atoms with Gasteiger partial charge in [0.1, 0.15) is 5.82 Å². The van der Waals surface area contributed by atoms with Gasteiger partial charge in [-0.1, -0.05) is 0 Å². The molecule has 1 fully saturated rings. The molecule has 0 saturated carbocycles. The van der Waals surface area contributed by atoms with Gasteiger partial charge in [-0.15, -0.1) is 0 Å². The van der Waals surface area contributed by atoms with E-state index in [4.69, 9.17) is 14.0 Å². The van der Waals surface area contributed by atoms with E-state index in [0.717, 1.165) is 11.1 Å². The third-order valence-electron chi connectivity index (χ3n) is 5.37. The monoisotopic (exact) mass is 361 g/mol. The third-order valence-corrected chi connectivity index (χ3v) is 5.37. The molecule has 1 aliphatic heterocycles. The van der Waals surface area contributed by atoms with Crippen molar-refractivity contribution in [1.29, 1.82) is 0 Å². The number of ether oxygens (including phenoxy) is 1. The molecule has 1 atom stereocenters. The van der Waals surface area contributed by atoms with Crippen LogP contribution in [0, 0.1) is 5.82 Å². The van der Waals surface area contributed by atoms with E-state index in [1.165, 1.54) is 12.1 Å². The molecule has 0 spiro atoms. The van der Waals surface area contributed by atoms with Crippen molar-refractivity contribution in [2.45, 2.75) is 58.1 Å². The lowest BCUT2D eigenvalue weighted by Gasteiger charge is -2.32. The average molecular weight is 361 g/mol. The Kier molecular flexibility index (Phi) is 4.88. The molecule has 0 aliphatic carbocycles. The number of carbonyl (C=O) groups excluding carboxylic acids is 1. The van der Waals surface area contributed by atoms with Crippen LogP contribution in [-0.4, -0.2) is 35.9 Å². The van der Waals surface area contributed by atoms with Gasteiger partial charge in [0.25, 0.3) is 0 Å². The van der Waals surface area contributed by atoms with Gasteiger partial charge >= 0.3 is 13.1 Å². The standard InChI is InChI=1S/C19H25BFNO4/c1-6-24-17(23)10-15(20-25-18(2,3)19(4,5)26-20)14-11-22-16-8-7-12(21)9-13(14)16/h7-9,11,15,22H,6,10H2,1-5H3. The number of hydrogen-bond donors (Lipinski definition) is 1. The van der Waals surface area contributed by atoms with E-state index < -0.39 is 24.1 Å². The van der Waals surface area contributed by atoms with Gasteiger partial charge in [0.05, 0.1) is 24.2 Å². The number of H-pyrrole nitrogens is 1. The Bertz CT molecular complexity index is 801. The first kappa shape index (κ1) is 18.9. The lowest BCUT2D eigenvalue weighted by Crippen LogP contribution is -2.41. The Hall–Kier alpha value is -1.86. The van der Waals surface area contributed by atoms with Gasteiger partial charge in [-0.05, 0) is 58.4 Å². The van der Waals surface area contributed by atoms with Crippen LogP contribution in [0.4, 0.5) is 4.39 Å². The van der Waals surface area contributed by atoms with Crippen LogP contribution >= 0.6 is 0 Å². The third kappa shape index (κ3) is 3.38. The molecule has 5 nitrogen and oxygen atoms in total. The number of aromatic nitrogens is 1. The summed E-state index contributed by atoms with van der Waals surface area (Å²) in [6.07, 6.45) is 1.88. The molecule has 140 valence electrons. The van der Waals surface area contributed by atoms with Crippen LogP contribution in [0.5, 0.6) is 0 Å². The fourth-order valence-electron chi connectivity index (χ4n) is 3.23. The summed E-state index contributed by atoms with van der Waals surface area (Å²) in [7, 11) is -0.633. The number of aromatic amines is 1. The van der Waals surface area contributed by atoms with Crippen LogP contribution in [0.15, 0.2) is 24.4 Å². The van der Waals surface area contributed by atoms with Crippen molar-refractivity contribution >= 4 is 24.0 Å². The van der Waals surface area contributed by atoms with Crippen LogP contribution in [-0.2, 0) is 18.8 Å². The van der Waals surface area contributed by atoms with Crippen molar-refractivity contribution in [2.75, 3.05) is 6.61 Å². The Morgan fingerprint density at radius 1 is 1.27 bits per heavy atom. The summed E-state index contributed by atoms with van der Waals surface area (Å²) >= 11 is 0. The highest BCUT2D eigenvalue weighted by Gasteiger charge is 2.54. The maximum atomic E-state index is 13.8. The molecule has 7 heteroatoms. The van der Waals surface area contributed by atoms with Gasteiger partial charge in [0, 0.05) is 22.9 Å². The van der Waals surface area contributed by atoms with Crippen LogP contribution in [0.1, 0.15) is 52.4 Å². The minimum absolute atomic E-state index is 0.0914. The van der Waals surface area contributed by atoms with Gasteiger partial charge in [0.2, 0.25) is 0 Å². The second-order valence-electron chi connectivity index (χ2n) is 7.67. The van der Waals surface area contributed by atoms with Gasteiger partial charge in [-0.3, -0.25) is 4.79 Å². The topological polar surface area (TPSA) is 60.6 Å². The number of nitrogens with one attached hydrogen (secondary N) is 1.